The van der Waals surface area contributed by atoms with Gasteiger partial charge in [-0.2, -0.15) is 0 Å². The first kappa shape index (κ1) is 12.3. The summed E-state index contributed by atoms with van der Waals surface area (Å²) >= 11 is 3.34. The van der Waals surface area contributed by atoms with Crippen molar-refractivity contribution in [2.75, 3.05) is 0 Å². The Morgan fingerprint density at radius 1 is 1.33 bits per heavy atom. The van der Waals surface area contributed by atoms with E-state index < -0.39 is 0 Å². The number of halogens is 1. The van der Waals surface area contributed by atoms with Gasteiger partial charge >= 0.3 is 0 Å². The molecule has 0 radical (unpaired) electrons. The van der Waals surface area contributed by atoms with Gasteiger partial charge in [-0.1, -0.05) is 27.2 Å². The molecule has 1 aromatic carbocycles. The van der Waals surface area contributed by atoms with E-state index in [4.69, 9.17) is 15.7 Å². The molecular weight excluding hydrogens is 300 g/mol. The lowest BCUT2D eigenvalue weighted by molar-refractivity contribution is 0.318. The van der Waals surface area contributed by atoms with Crippen LogP contribution in [0.1, 0.15) is 5.69 Å². The molecule has 0 unspecified atom stereocenters. The van der Waals surface area contributed by atoms with E-state index in [1.54, 1.807) is 12.1 Å². The summed E-state index contributed by atoms with van der Waals surface area (Å²) in [6.45, 7) is 0. The Kier molecular flexibility index (Phi) is 3.73. The molecule has 0 bridgehead atoms. The van der Waals surface area contributed by atoms with Crippen LogP contribution >= 0.6 is 15.9 Å². The highest BCUT2D eigenvalue weighted by molar-refractivity contribution is 9.10. The van der Waals surface area contributed by atoms with Crippen LogP contribution in [0.15, 0.2) is 46.3 Å². The number of rotatable bonds is 3. The van der Waals surface area contributed by atoms with Crippen molar-refractivity contribution in [3.05, 3.63) is 46.8 Å². The lowest BCUT2D eigenvalue weighted by Crippen LogP contribution is -2.15. The normalized spacial score (nSPS) is 11.3. The zero-order valence-electron chi connectivity index (χ0n) is 9.12. The maximum absolute atomic E-state index is 8.48. The summed E-state index contributed by atoms with van der Waals surface area (Å²) in [5, 5.41) is 11.3. The standard InChI is InChI=1S/C11H9BrN4O2/c12-7-2-1-3-8(4-7)18-10-6-14-9(5-15-10)11(13)16-17/h1-6,17H,(H2,13,16). The predicted molar refractivity (Wildman–Crippen MR) is 68.8 cm³/mol. The van der Waals surface area contributed by atoms with Crippen LogP contribution in [0.5, 0.6) is 11.6 Å². The van der Waals surface area contributed by atoms with Crippen molar-refractivity contribution in [3.8, 4) is 11.6 Å². The predicted octanol–water partition coefficient (Wildman–Crippen LogP) is 2.13. The van der Waals surface area contributed by atoms with E-state index in [2.05, 4.69) is 31.1 Å². The molecule has 6 nitrogen and oxygen atoms in total. The van der Waals surface area contributed by atoms with Crippen LogP contribution in [0, 0.1) is 0 Å². The molecule has 0 saturated carbocycles. The average Bonchev–Trinajstić information content (AvgIpc) is 2.39. The summed E-state index contributed by atoms with van der Waals surface area (Å²) in [6.07, 6.45) is 2.76. The van der Waals surface area contributed by atoms with Crippen molar-refractivity contribution in [3.63, 3.8) is 0 Å². The number of nitrogens with two attached hydrogens (primary N) is 1. The highest BCUT2D eigenvalue weighted by Crippen LogP contribution is 2.22. The number of aromatic nitrogens is 2. The molecule has 7 heteroatoms. The van der Waals surface area contributed by atoms with Crippen molar-refractivity contribution in [1.82, 2.24) is 9.97 Å². The fourth-order valence-electron chi connectivity index (χ4n) is 1.20. The molecule has 1 aromatic heterocycles. The van der Waals surface area contributed by atoms with Crippen LogP contribution in [-0.4, -0.2) is 21.0 Å². The Labute approximate surface area is 111 Å². The van der Waals surface area contributed by atoms with E-state index in [1.807, 2.05) is 12.1 Å². The first-order valence-corrected chi connectivity index (χ1v) is 5.71. The zero-order chi connectivity index (χ0) is 13.0. The van der Waals surface area contributed by atoms with Gasteiger partial charge in [0.25, 0.3) is 0 Å². The van der Waals surface area contributed by atoms with E-state index >= 15 is 0 Å². The Bertz CT molecular complexity index is 572. The SMILES string of the molecule is NC(=NO)c1cnc(Oc2cccc(Br)c2)cn1. The Morgan fingerprint density at radius 3 is 2.78 bits per heavy atom. The second-order valence-corrected chi connectivity index (χ2v) is 4.20. The number of hydrogen-bond donors (Lipinski definition) is 2. The molecule has 1 heterocycles. The lowest BCUT2D eigenvalue weighted by atomic mass is 10.3. The Morgan fingerprint density at radius 2 is 2.17 bits per heavy atom. The van der Waals surface area contributed by atoms with Gasteiger partial charge in [0.1, 0.15) is 11.4 Å². The molecule has 0 amide bonds. The Hall–Kier alpha value is -2.15. The van der Waals surface area contributed by atoms with Crippen molar-refractivity contribution in [2.24, 2.45) is 10.9 Å². The molecule has 0 aliphatic heterocycles. The average molecular weight is 309 g/mol. The fraction of sp³-hybridized carbons (Fsp3) is 0. The molecule has 0 atom stereocenters. The van der Waals surface area contributed by atoms with E-state index in [-0.39, 0.29) is 11.5 Å². The number of amidine groups is 1. The number of ether oxygens (including phenoxy) is 1. The van der Waals surface area contributed by atoms with Gasteiger partial charge < -0.3 is 15.7 Å². The minimum Gasteiger partial charge on any atom is -0.437 e. The van der Waals surface area contributed by atoms with Crippen LogP contribution in [0.25, 0.3) is 0 Å². The molecule has 0 aliphatic rings. The number of oxime groups is 1. The van der Waals surface area contributed by atoms with Gasteiger partial charge in [0.2, 0.25) is 5.88 Å². The summed E-state index contributed by atoms with van der Waals surface area (Å²) in [4.78, 5) is 7.95. The first-order valence-electron chi connectivity index (χ1n) is 4.92. The molecule has 0 aliphatic carbocycles. The van der Waals surface area contributed by atoms with E-state index in [0.717, 1.165) is 4.47 Å². The summed E-state index contributed by atoms with van der Waals surface area (Å²) in [5.74, 6) is 0.856. The third-order valence-corrected chi connectivity index (χ3v) is 2.51. The molecular formula is C11H9BrN4O2. The summed E-state index contributed by atoms with van der Waals surface area (Å²) in [6, 6.07) is 7.33. The summed E-state index contributed by atoms with van der Waals surface area (Å²) < 4.78 is 6.38. The van der Waals surface area contributed by atoms with Gasteiger partial charge in [0.05, 0.1) is 12.4 Å². The fourth-order valence-corrected chi connectivity index (χ4v) is 1.58. The molecule has 0 fully saturated rings. The summed E-state index contributed by atoms with van der Waals surface area (Å²) in [5.41, 5.74) is 5.64. The molecule has 2 aromatic rings. The van der Waals surface area contributed by atoms with Crippen LogP contribution in [0.4, 0.5) is 0 Å². The highest BCUT2D eigenvalue weighted by atomic mass is 79.9. The van der Waals surface area contributed by atoms with E-state index in [1.165, 1.54) is 12.4 Å². The van der Waals surface area contributed by atoms with Gasteiger partial charge in [0, 0.05) is 4.47 Å². The van der Waals surface area contributed by atoms with Crippen molar-refractivity contribution < 1.29 is 9.94 Å². The van der Waals surface area contributed by atoms with Crippen LogP contribution in [0.3, 0.4) is 0 Å². The number of benzene rings is 1. The van der Waals surface area contributed by atoms with Crippen LogP contribution < -0.4 is 10.5 Å². The molecule has 92 valence electrons. The molecule has 2 rings (SSSR count). The van der Waals surface area contributed by atoms with Gasteiger partial charge in [0.15, 0.2) is 5.84 Å². The molecule has 0 spiro atoms. The number of hydrogen-bond acceptors (Lipinski definition) is 5. The second-order valence-electron chi connectivity index (χ2n) is 3.28. The monoisotopic (exact) mass is 308 g/mol. The lowest BCUT2D eigenvalue weighted by Gasteiger charge is -2.04. The summed E-state index contributed by atoms with van der Waals surface area (Å²) in [7, 11) is 0. The van der Waals surface area contributed by atoms with Crippen LogP contribution in [-0.2, 0) is 0 Å². The third-order valence-electron chi connectivity index (χ3n) is 2.02. The Balaban J connectivity index is 2.16. The molecule has 0 saturated heterocycles. The van der Waals surface area contributed by atoms with E-state index in [0.29, 0.717) is 11.6 Å². The minimum atomic E-state index is -0.100. The highest BCUT2D eigenvalue weighted by Gasteiger charge is 2.04. The van der Waals surface area contributed by atoms with Crippen molar-refractivity contribution in [1.29, 1.82) is 0 Å². The largest absolute Gasteiger partial charge is 0.437 e. The molecule has 3 N–H and O–H groups in total. The first-order chi connectivity index (χ1) is 8.69. The maximum atomic E-state index is 8.48. The van der Waals surface area contributed by atoms with Gasteiger partial charge in [-0.15, -0.1) is 0 Å². The van der Waals surface area contributed by atoms with E-state index in [9.17, 15) is 0 Å². The third kappa shape index (κ3) is 2.95. The number of nitrogens with zero attached hydrogens (tertiary/aromatic N) is 3. The molecule has 18 heavy (non-hydrogen) atoms. The maximum Gasteiger partial charge on any atom is 0.237 e. The van der Waals surface area contributed by atoms with Crippen molar-refractivity contribution >= 4 is 21.8 Å². The van der Waals surface area contributed by atoms with Crippen molar-refractivity contribution in [2.45, 2.75) is 0 Å². The van der Waals surface area contributed by atoms with Crippen LogP contribution in [0.2, 0.25) is 0 Å². The quantitative estimate of drug-likeness (QED) is 0.392. The topological polar surface area (TPSA) is 93.6 Å². The minimum absolute atomic E-state index is 0.100. The van der Waals surface area contributed by atoms with Gasteiger partial charge in [-0.05, 0) is 18.2 Å². The van der Waals surface area contributed by atoms with Gasteiger partial charge in [-0.3, -0.25) is 0 Å². The smallest absolute Gasteiger partial charge is 0.237 e. The zero-order valence-corrected chi connectivity index (χ0v) is 10.7. The second kappa shape index (κ2) is 5.46. The van der Waals surface area contributed by atoms with Gasteiger partial charge in [-0.25, -0.2) is 9.97 Å².